The lowest BCUT2D eigenvalue weighted by Crippen LogP contribution is -2.39. The van der Waals surface area contributed by atoms with Crippen LogP contribution in [-0.4, -0.2) is 17.7 Å². The Balaban J connectivity index is 1.98. The van der Waals surface area contributed by atoms with E-state index in [9.17, 15) is 9.90 Å². The summed E-state index contributed by atoms with van der Waals surface area (Å²) in [5.41, 5.74) is 2.46. The van der Waals surface area contributed by atoms with Gasteiger partial charge in [0.15, 0.2) is 0 Å². The van der Waals surface area contributed by atoms with Crippen LogP contribution in [0.15, 0.2) is 54.6 Å². The number of carbonyl (C=O) groups is 1. The third-order valence-electron chi connectivity index (χ3n) is 3.81. The maximum absolute atomic E-state index is 12.3. The number of nitrogens with zero attached hydrogens (tertiary/aromatic N) is 1. The third kappa shape index (κ3) is 4.83. The minimum atomic E-state index is -0.297. The molecule has 5 heteroatoms. The lowest BCUT2D eigenvalue weighted by molar-refractivity contribution is 0.226. The lowest BCUT2D eigenvalue weighted by Gasteiger charge is -2.21. The molecular formula is C19H21N3O2. The first kappa shape index (κ1) is 17.5. The Morgan fingerprint density at radius 1 is 1.08 bits per heavy atom. The van der Waals surface area contributed by atoms with Gasteiger partial charge in [0.1, 0.15) is 0 Å². The van der Waals surface area contributed by atoms with Crippen molar-refractivity contribution in [2.24, 2.45) is 0 Å². The van der Waals surface area contributed by atoms with Gasteiger partial charge in [-0.25, -0.2) is 4.79 Å². The van der Waals surface area contributed by atoms with Crippen molar-refractivity contribution < 1.29 is 9.90 Å². The molecule has 0 saturated carbocycles. The van der Waals surface area contributed by atoms with Crippen molar-refractivity contribution >= 4 is 6.03 Å². The topological polar surface area (TPSA) is 85.2 Å². The molecule has 0 spiro atoms. The first-order chi connectivity index (χ1) is 11.6. The maximum Gasteiger partial charge on any atom is 0.315 e. The van der Waals surface area contributed by atoms with E-state index in [0.29, 0.717) is 12.0 Å². The smallest absolute Gasteiger partial charge is 0.315 e. The van der Waals surface area contributed by atoms with E-state index < -0.39 is 0 Å². The molecule has 3 N–H and O–H groups in total. The van der Waals surface area contributed by atoms with Crippen LogP contribution in [0.2, 0.25) is 0 Å². The van der Waals surface area contributed by atoms with Crippen LogP contribution in [0.5, 0.6) is 0 Å². The molecular weight excluding hydrogens is 302 g/mol. The molecule has 124 valence electrons. The monoisotopic (exact) mass is 323 g/mol. The molecule has 2 amide bonds. The third-order valence-corrected chi connectivity index (χ3v) is 3.81. The van der Waals surface area contributed by atoms with Crippen molar-refractivity contribution in [3.63, 3.8) is 0 Å². The highest BCUT2D eigenvalue weighted by Gasteiger charge is 2.16. The van der Waals surface area contributed by atoms with Gasteiger partial charge in [0, 0.05) is 6.61 Å². The zero-order chi connectivity index (χ0) is 17.4. The Labute approximate surface area is 141 Å². The number of hydrogen-bond acceptors (Lipinski definition) is 3. The quantitative estimate of drug-likeness (QED) is 0.764. The number of hydrogen-bond donors (Lipinski definition) is 3. The highest BCUT2D eigenvalue weighted by molar-refractivity contribution is 5.75. The molecule has 2 rings (SSSR count). The van der Waals surface area contributed by atoms with E-state index >= 15 is 0 Å². The van der Waals surface area contributed by atoms with Gasteiger partial charge in [-0.05, 0) is 36.6 Å². The Kier molecular flexibility index (Phi) is 6.35. The summed E-state index contributed by atoms with van der Waals surface area (Å²) in [6.07, 6.45) is 0.447. The van der Waals surface area contributed by atoms with Crippen molar-refractivity contribution in [3.8, 4) is 6.07 Å². The van der Waals surface area contributed by atoms with Gasteiger partial charge in [0.05, 0.1) is 23.7 Å². The average molecular weight is 323 g/mol. The van der Waals surface area contributed by atoms with Gasteiger partial charge in [0.2, 0.25) is 0 Å². The number of carbonyl (C=O) groups excluding carboxylic acids is 1. The molecule has 24 heavy (non-hydrogen) atoms. The van der Waals surface area contributed by atoms with E-state index in [1.807, 2.05) is 49.4 Å². The van der Waals surface area contributed by atoms with Crippen LogP contribution >= 0.6 is 0 Å². The van der Waals surface area contributed by atoms with Crippen LogP contribution in [-0.2, 0) is 0 Å². The zero-order valence-electron chi connectivity index (χ0n) is 13.6. The van der Waals surface area contributed by atoms with Gasteiger partial charge < -0.3 is 15.7 Å². The molecule has 0 heterocycles. The fourth-order valence-corrected chi connectivity index (χ4v) is 2.46. The Bertz CT molecular complexity index is 693. The molecule has 2 atom stereocenters. The summed E-state index contributed by atoms with van der Waals surface area (Å²) in [6.45, 7) is 1.87. The number of benzene rings is 2. The summed E-state index contributed by atoms with van der Waals surface area (Å²) < 4.78 is 0. The van der Waals surface area contributed by atoms with Gasteiger partial charge in [-0.2, -0.15) is 5.26 Å². The summed E-state index contributed by atoms with van der Waals surface area (Å²) in [5, 5.41) is 23.8. The van der Waals surface area contributed by atoms with Crippen molar-refractivity contribution in [1.29, 1.82) is 5.26 Å². The molecule has 2 aromatic rings. The number of nitrogens with one attached hydrogen (secondary N) is 2. The Morgan fingerprint density at radius 3 is 2.33 bits per heavy atom. The maximum atomic E-state index is 12.3. The summed E-state index contributed by atoms with van der Waals surface area (Å²) in [6, 6.07) is 18.0. The Morgan fingerprint density at radius 2 is 1.75 bits per heavy atom. The van der Waals surface area contributed by atoms with Crippen LogP contribution in [0.3, 0.4) is 0 Å². The predicted molar refractivity (Wildman–Crippen MR) is 92.1 cm³/mol. The van der Waals surface area contributed by atoms with Crippen molar-refractivity contribution in [2.75, 3.05) is 6.61 Å². The minimum absolute atomic E-state index is 0.00891. The molecule has 0 fully saturated rings. The van der Waals surface area contributed by atoms with Gasteiger partial charge in [-0.15, -0.1) is 0 Å². The molecule has 0 saturated heterocycles. The highest BCUT2D eigenvalue weighted by Crippen LogP contribution is 2.17. The molecule has 0 aromatic heterocycles. The minimum Gasteiger partial charge on any atom is -0.396 e. The van der Waals surface area contributed by atoms with Crippen LogP contribution in [0, 0.1) is 11.3 Å². The van der Waals surface area contributed by atoms with Gasteiger partial charge >= 0.3 is 6.03 Å². The first-order valence-corrected chi connectivity index (χ1v) is 7.87. The molecule has 0 aliphatic rings. The van der Waals surface area contributed by atoms with Gasteiger partial charge in [-0.3, -0.25) is 0 Å². The van der Waals surface area contributed by atoms with Crippen LogP contribution in [0.4, 0.5) is 4.79 Å². The van der Waals surface area contributed by atoms with E-state index in [0.717, 1.165) is 11.1 Å². The fourth-order valence-electron chi connectivity index (χ4n) is 2.46. The van der Waals surface area contributed by atoms with Gasteiger partial charge in [0.25, 0.3) is 0 Å². The molecule has 0 aliphatic carbocycles. The SMILES string of the molecule is CC(NC(=O)N[C@H](CCO)c1ccccc1)c1ccc(C#N)cc1. The molecule has 1 unspecified atom stereocenters. The largest absolute Gasteiger partial charge is 0.396 e. The summed E-state index contributed by atoms with van der Waals surface area (Å²) in [7, 11) is 0. The second-order valence-electron chi connectivity index (χ2n) is 5.55. The number of urea groups is 1. The second-order valence-corrected chi connectivity index (χ2v) is 5.55. The molecule has 0 bridgehead atoms. The van der Waals surface area contributed by atoms with E-state index in [1.54, 1.807) is 12.1 Å². The molecule has 2 aromatic carbocycles. The number of aliphatic hydroxyl groups excluding tert-OH is 1. The average Bonchev–Trinajstić information content (AvgIpc) is 2.62. The van der Waals surface area contributed by atoms with Crippen LogP contribution in [0.1, 0.15) is 42.1 Å². The van der Waals surface area contributed by atoms with Crippen LogP contribution in [0.25, 0.3) is 0 Å². The molecule has 0 aliphatic heterocycles. The van der Waals surface area contributed by atoms with Crippen molar-refractivity contribution in [2.45, 2.75) is 25.4 Å². The van der Waals surface area contributed by atoms with E-state index in [2.05, 4.69) is 16.7 Å². The van der Waals surface area contributed by atoms with E-state index in [4.69, 9.17) is 5.26 Å². The zero-order valence-corrected chi connectivity index (χ0v) is 13.6. The number of amides is 2. The van der Waals surface area contributed by atoms with Crippen molar-refractivity contribution in [1.82, 2.24) is 10.6 Å². The van der Waals surface area contributed by atoms with E-state index in [1.165, 1.54) is 0 Å². The summed E-state index contributed by atoms with van der Waals surface area (Å²) >= 11 is 0. The van der Waals surface area contributed by atoms with Crippen LogP contribution < -0.4 is 10.6 Å². The lowest BCUT2D eigenvalue weighted by atomic mass is 10.0. The number of aliphatic hydroxyl groups is 1. The summed E-state index contributed by atoms with van der Waals surface area (Å²) in [5.74, 6) is 0. The van der Waals surface area contributed by atoms with Gasteiger partial charge in [-0.1, -0.05) is 42.5 Å². The predicted octanol–water partition coefficient (Wildman–Crippen LogP) is 3.04. The fraction of sp³-hybridized carbons (Fsp3) is 0.263. The summed E-state index contributed by atoms with van der Waals surface area (Å²) in [4.78, 5) is 12.3. The first-order valence-electron chi connectivity index (χ1n) is 7.87. The van der Waals surface area contributed by atoms with Crippen molar-refractivity contribution in [3.05, 3.63) is 71.3 Å². The normalized spacial score (nSPS) is 12.7. The second kappa shape index (κ2) is 8.70. The molecule has 5 nitrogen and oxygen atoms in total. The number of rotatable bonds is 6. The Hall–Kier alpha value is -2.84. The highest BCUT2D eigenvalue weighted by atomic mass is 16.3. The van der Waals surface area contributed by atoms with E-state index in [-0.39, 0.29) is 24.7 Å². The standard InChI is InChI=1S/C19H21N3O2/c1-14(16-9-7-15(13-20)8-10-16)21-19(24)22-18(11-12-23)17-5-3-2-4-6-17/h2-10,14,18,23H,11-12H2,1H3,(H2,21,22,24)/t14?,18-/m1/s1. The molecule has 0 radical (unpaired) electrons. The number of nitriles is 1.